The average molecular weight is 538 g/mol. The van der Waals surface area contributed by atoms with E-state index in [9.17, 15) is 24.1 Å². The van der Waals surface area contributed by atoms with Gasteiger partial charge >= 0.3 is 6.61 Å². The molecule has 5 rings (SSSR count). The summed E-state index contributed by atoms with van der Waals surface area (Å²) in [5.41, 5.74) is 0.504. The first-order chi connectivity index (χ1) is 18.1. The SMILES string of the molecule is C[C@H]1O[C@@H](N2c3ncnc(OCc4ccc(OC(F)F)cc4)c3NC2NC2CCC(C)(O)CC2)[C@H](O)[C@@H]1O. The summed E-state index contributed by atoms with van der Waals surface area (Å²) >= 11 is 0. The molecule has 0 radical (unpaired) electrons. The average Bonchev–Trinajstić information content (AvgIpc) is 3.36. The molecule has 13 heteroatoms. The second-order valence-corrected chi connectivity index (χ2v) is 10.3. The number of aliphatic hydroxyl groups excluding tert-OH is 2. The number of ether oxygens (including phenoxy) is 3. The van der Waals surface area contributed by atoms with Gasteiger partial charge in [-0.1, -0.05) is 12.1 Å². The van der Waals surface area contributed by atoms with E-state index in [-0.39, 0.29) is 24.3 Å². The van der Waals surface area contributed by atoms with Gasteiger partial charge in [-0.25, -0.2) is 4.98 Å². The lowest BCUT2D eigenvalue weighted by molar-refractivity contribution is -0.0498. The topological polar surface area (TPSA) is 141 Å². The zero-order valence-electron chi connectivity index (χ0n) is 21.1. The summed E-state index contributed by atoms with van der Waals surface area (Å²) in [7, 11) is 0. The van der Waals surface area contributed by atoms with Crippen LogP contribution in [0.4, 0.5) is 20.3 Å². The first-order valence-electron chi connectivity index (χ1n) is 12.7. The molecule has 1 aliphatic carbocycles. The van der Waals surface area contributed by atoms with Gasteiger partial charge in [-0.2, -0.15) is 13.8 Å². The summed E-state index contributed by atoms with van der Waals surface area (Å²) in [6.07, 6.45) is -0.126. The number of halogens is 2. The Morgan fingerprint density at radius 3 is 2.53 bits per heavy atom. The molecule has 38 heavy (non-hydrogen) atoms. The summed E-state index contributed by atoms with van der Waals surface area (Å²) in [5.74, 6) is 0.736. The fourth-order valence-electron chi connectivity index (χ4n) is 5.12. The lowest BCUT2D eigenvalue weighted by atomic mass is 9.84. The molecule has 3 aliphatic rings. The Bertz CT molecular complexity index is 1100. The Labute approximate surface area is 218 Å². The lowest BCUT2D eigenvalue weighted by Crippen LogP contribution is -2.58. The normalized spacial score (nSPS) is 32.8. The quantitative estimate of drug-likeness (QED) is 0.337. The van der Waals surface area contributed by atoms with Crippen LogP contribution in [0.15, 0.2) is 30.6 Å². The van der Waals surface area contributed by atoms with Gasteiger partial charge in [0.25, 0.3) is 0 Å². The van der Waals surface area contributed by atoms with Crippen molar-refractivity contribution in [1.82, 2.24) is 15.3 Å². The number of nitrogens with zero attached hydrogens (tertiary/aromatic N) is 3. The molecule has 1 unspecified atom stereocenters. The summed E-state index contributed by atoms with van der Waals surface area (Å²) in [5, 5.41) is 38.4. The van der Waals surface area contributed by atoms with Crippen LogP contribution in [0, 0.1) is 0 Å². The number of alkyl halides is 2. The summed E-state index contributed by atoms with van der Waals surface area (Å²) < 4.78 is 41.1. The van der Waals surface area contributed by atoms with E-state index < -0.39 is 43.0 Å². The number of rotatable bonds is 8. The van der Waals surface area contributed by atoms with Crippen LogP contribution in [-0.4, -0.2) is 74.4 Å². The van der Waals surface area contributed by atoms with Crippen LogP contribution in [0.3, 0.4) is 0 Å². The van der Waals surface area contributed by atoms with Crippen LogP contribution in [0.1, 0.15) is 45.1 Å². The van der Waals surface area contributed by atoms with Gasteiger partial charge in [0.2, 0.25) is 5.88 Å². The number of aromatic nitrogens is 2. The molecule has 2 fully saturated rings. The van der Waals surface area contributed by atoms with Gasteiger partial charge in [0.05, 0.1) is 11.7 Å². The number of nitrogens with one attached hydrogen (secondary N) is 2. The van der Waals surface area contributed by atoms with Crippen molar-refractivity contribution in [2.24, 2.45) is 0 Å². The Kier molecular flexibility index (Phi) is 7.56. The smallest absolute Gasteiger partial charge is 0.387 e. The Morgan fingerprint density at radius 1 is 1.18 bits per heavy atom. The zero-order valence-corrected chi connectivity index (χ0v) is 21.1. The van der Waals surface area contributed by atoms with E-state index in [4.69, 9.17) is 9.47 Å². The maximum Gasteiger partial charge on any atom is 0.387 e. The van der Waals surface area contributed by atoms with Crippen molar-refractivity contribution in [3.63, 3.8) is 0 Å². The molecule has 1 saturated carbocycles. The predicted octanol–water partition coefficient (Wildman–Crippen LogP) is 1.92. The molecule has 208 valence electrons. The van der Waals surface area contributed by atoms with Crippen molar-refractivity contribution in [3.8, 4) is 11.6 Å². The number of hydrogen-bond acceptors (Lipinski definition) is 11. The molecule has 0 amide bonds. The zero-order chi connectivity index (χ0) is 27.0. The van der Waals surface area contributed by atoms with Gasteiger partial charge in [-0.05, 0) is 57.2 Å². The van der Waals surface area contributed by atoms with Gasteiger partial charge in [0.1, 0.15) is 36.6 Å². The number of fused-ring (bicyclic) bond motifs is 1. The molecule has 1 aromatic heterocycles. The predicted molar refractivity (Wildman–Crippen MR) is 132 cm³/mol. The maximum absolute atomic E-state index is 12.4. The molecule has 0 bridgehead atoms. The van der Waals surface area contributed by atoms with Crippen molar-refractivity contribution >= 4 is 11.5 Å². The minimum atomic E-state index is -2.90. The fourth-order valence-corrected chi connectivity index (χ4v) is 5.12. The number of anilines is 2. The van der Waals surface area contributed by atoms with Gasteiger partial charge in [-0.15, -0.1) is 0 Å². The fraction of sp³-hybridized carbons (Fsp3) is 0.600. The third-order valence-corrected chi connectivity index (χ3v) is 7.33. The largest absolute Gasteiger partial charge is 0.471 e. The van der Waals surface area contributed by atoms with E-state index in [0.717, 1.165) is 12.8 Å². The van der Waals surface area contributed by atoms with Crippen LogP contribution in [0.2, 0.25) is 0 Å². The molecular weight excluding hydrogens is 504 g/mol. The van der Waals surface area contributed by atoms with Crippen LogP contribution >= 0.6 is 0 Å². The highest BCUT2D eigenvalue weighted by molar-refractivity contribution is 5.76. The van der Waals surface area contributed by atoms with Crippen LogP contribution in [-0.2, 0) is 11.3 Å². The molecule has 2 aromatic rings. The van der Waals surface area contributed by atoms with E-state index in [2.05, 4.69) is 25.3 Å². The second kappa shape index (κ2) is 10.7. The Morgan fingerprint density at radius 2 is 1.89 bits per heavy atom. The number of benzene rings is 1. The molecule has 0 spiro atoms. The van der Waals surface area contributed by atoms with E-state index in [1.165, 1.54) is 18.5 Å². The third kappa shape index (κ3) is 5.61. The van der Waals surface area contributed by atoms with E-state index in [0.29, 0.717) is 29.9 Å². The standard InChI is InChI=1S/C25H33F2N5O6/c1-13-18(33)19(34)22(37-13)32-20-17(31-24(32)30-15-7-9-25(2,35)10-8-15)21(29-12-28-20)36-11-14-3-5-16(6-4-14)38-23(26)27/h3-6,12-13,15,18-19,22-24,30-31,33-35H,7-11H2,1-2H3/t13-,15?,18-,19-,22-,24?,25?/m1/s1. The monoisotopic (exact) mass is 537 g/mol. The van der Waals surface area contributed by atoms with Crippen molar-refractivity contribution in [2.75, 3.05) is 10.2 Å². The van der Waals surface area contributed by atoms with E-state index in [1.54, 1.807) is 24.0 Å². The molecule has 2 aliphatic heterocycles. The van der Waals surface area contributed by atoms with Crippen LogP contribution in [0.25, 0.3) is 0 Å². The molecular formula is C25H33F2N5O6. The highest BCUT2D eigenvalue weighted by Crippen LogP contribution is 2.42. The van der Waals surface area contributed by atoms with Gasteiger partial charge in [-0.3, -0.25) is 10.2 Å². The summed E-state index contributed by atoms with van der Waals surface area (Å²) in [4.78, 5) is 10.4. The van der Waals surface area contributed by atoms with Crippen molar-refractivity contribution in [2.45, 2.75) is 95.2 Å². The minimum Gasteiger partial charge on any atom is -0.471 e. The molecule has 1 aromatic carbocycles. The Balaban J connectivity index is 1.35. The Hall–Kier alpha value is -2.84. The molecule has 1 saturated heterocycles. The minimum absolute atomic E-state index is 0.0497. The van der Waals surface area contributed by atoms with E-state index >= 15 is 0 Å². The molecule has 11 nitrogen and oxygen atoms in total. The molecule has 5 atom stereocenters. The van der Waals surface area contributed by atoms with Crippen LogP contribution < -0.4 is 25.0 Å². The first-order valence-corrected chi connectivity index (χ1v) is 12.7. The number of hydrogen-bond donors (Lipinski definition) is 5. The van der Waals surface area contributed by atoms with Crippen LogP contribution in [0.5, 0.6) is 11.6 Å². The van der Waals surface area contributed by atoms with Crippen molar-refractivity contribution in [1.29, 1.82) is 0 Å². The summed E-state index contributed by atoms with van der Waals surface area (Å²) in [6.45, 7) is 0.734. The number of aliphatic hydroxyl groups is 3. The lowest BCUT2D eigenvalue weighted by Gasteiger charge is -2.38. The highest BCUT2D eigenvalue weighted by Gasteiger charge is 2.49. The third-order valence-electron chi connectivity index (χ3n) is 7.33. The van der Waals surface area contributed by atoms with E-state index in [1.807, 2.05) is 6.92 Å². The van der Waals surface area contributed by atoms with Crippen molar-refractivity contribution in [3.05, 3.63) is 36.2 Å². The van der Waals surface area contributed by atoms with Gasteiger partial charge in [0, 0.05) is 6.04 Å². The highest BCUT2D eigenvalue weighted by atomic mass is 19.3. The summed E-state index contributed by atoms with van der Waals surface area (Å²) in [6, 6.07) is 6.18. The van der Waals surface area contributed by atoms with Gasteiger partial charge in [0.15, 0.2) is 18.3 Å². The maximum atomic E-state index is 12.4. The molecule has 5 N–H and O–H groups in total. The first kappa shape index (κ1) is 26.8. The van der Waals surface area contributed by atoms with Gasteiger partial charge < -0.3 is 34.8 Å². The van der Waals surface area contributed by atoms with Crippen molar-refractivity contribution < 1.29 is 38.3 Å². The molecule has 3 heterocycles. The second-order valence-electron chi connectivity index (χ2n) is 10.3.